The smallest absolute Gasteiger partial charge is 0.220 e. The number of nitrogens with one attached hydrogen (secondary N) is 2. The van der Waals surface area contributed by atoms with Crippen molar-refractivity contribution >= 4 is 40.0 Å². The van der Waals surface area contributed by atoms with Crippen molar-refractivity contribution in [2.45, 2.75) is 19.4 Å². The van der Waals surface area contributed by atoms with Gasteiger partial charge in [-0.3, -0.25) is 4.79 Å². The van der Waals surface area contributed by atoms with E-state index in [2.05, 4.69) is 16.4 Å². The van der Waals surface area contributed by atoms with Gasteiger partial charge in [0.25, 0.3) is 0 Å². The molecule has 3 rings (SSSR count). The molecule has 0 aliphatic carbocycles. The van der Waals surface area contributed by atoms with E-state index in [0.29, 0.717) is 29.4 Å². The van der Waals surface area contributed by atoms with Gasteiger partial charge in [-0.05, 0) is 35.7 Å². The summed E-state index contributed by atoms with van der Waals surface area (Å²) in [5.74, 6) is 0.00120. The van der Waals surface area contributed by atoms with E-state index >= 15 is 0 Å². The molecular weight excluding hydrogens is 331 g/mol. The summed E-state index contributed by atoms with van der Waals surface area (Å²) in [5, 5.41) is 5.21. The van der Waals surface area contributed by atoms with Gasteiger partial charge in [0.15, 0.2) is 0 Å². The van der Waals surface area contributed by atoms with E-state index in [1.165, 1.54) is 5.39 Å². The molecule has 0 aliphatic heterocycles. The first kappa shape index (κ1) is 15.9. The van der Waals surface area contributed by atoms with Gasteiger partial charge < -0.3 is 10.3 Å². The van der Waals surface area contributed by atoms with Crippen LogP contribution in [0, 0.1) is 0 Å². The zero-order valence-electron chi connectivity index (χ0n) is 12.4. The van der Waals surface area contributed by atoms with Gasteiger partial charge >= 0.3 is 0 Å². The number of fused-ring (bicyclic) bond motifs is 1. The number of para-hydroxylation sites is 1. The third-order valence-corrected chi connectivity index (χ3v) is 4.37. The molecular formula is C18H16Cl2N2O. The van der Waals surface area contributed by atoms with Crippen molar-refractivity contribution in [3.63, 3.8) is 0 Å². The fourth-order valence-corrected chi connectivity index (χ4v) is 3.01. The third kappa shape index (κ3) is 3.87. The van der Waals surface area contributed by atoms with E-state index in [9.17, 15) is 4.79 Å². The molecule has 1 aromatic heterocycles. The Labute approximate surface area is 144 Å². The van der Waals surface area contributed by atoms with E-state index in [-0.39, 0.29) is 5.91 Å². The Bertz CT molecular complexity index is 842. The van der Waals surface area contributed by atoms with Crippen molar-refractivity contribution in [1.29, 1.82) is 0 Å². The van der Waals surface area contributed by atoms with Gasteiger partial charge in [-0.15, -0.1) is 0 Å². The maximum Gasteiger partial charge on any atom is 0.220 e. The zero-order chi connectivity index (χ0) is 16.2. The van der Waals surface area contributed by atoms with Gasteiger partial charge in [0.1, 0.15) is 0 Å². The van der Waals surface area contributed by atoms with Crippen LogP contribution < -0.4 is 5.32 Å². The van der Waals surface area contributed by atoms with Crippen molar-refractivity contribution in [2.24, 2.45) is 0 Å². The van der Waals surface area contributed by atoms with Crippen LogP contribution in [0.15, 0.2) is 48.7 Å². The molecule has 118 valence electrons. The highest BCUT2D eigenvalue weighted by Crippen LogP contribution is 2.21. The second-order valence-electron chi connectivity index (χ2n) is 5.37. The van der Waals surface area contributed by atoms with Gasteiger partial charge in [-0.25, -0.2) is 0 Å². The second-order valence-corrected chi connectivity index (χ2v) is 6.22. The van der Waals surface area contributed by atoms with E-state index in [0.717, 1.165) is 16.6 Å². The van der Waals surface area contributed by atoms with Crippen LogP contribution >= 0.6 is 23.2 Å². The Balaban J connectivity index is 1.55. The molecule has 0 atom stereocenters. The number of carbonyl (C=O) groups excluding carboxylic acids is 1. The summed E-state index contributed by atoms with van der Waals surface area (Å²) < 4.78 is 0. The first-order chi connectivity index (χ1) is 11.1. The van der Waals surface area contributed by atoms with E-state index < -0.39 is 0 Å². The molecule has 0 radical (unpaired) electrons. The van der Waals surface area contributed by atoms with E-state index in [4.69, 9.17) is 23.2 Å². The van der Waals surface area contributed by atoms with Crippen LogP contribution in [-0.4, -0.2) is 10.9 Å². The molecule has 3 aromatic rings. The molecule has 0 bridgehead atoms. The minimum absolute atomic E-state index is 0.00120. The number of halogens is 2. The molecule has 2 N–H and O–H groups in total. The highest BCUT2D eigenvalue weighted by Gasteiger charge is 2.08. The number of aromatic nitrogens is 1. The Morgan fingerprint density at radius 2 is 1.91 bits per heavy atom. The summed E-state index contributed by atoms with van der Waals surface area (Å²) in [6.45, 7) is 0.405. The normalized spacial score (nSPS) is 10.9. The molecule has 0 saturated heterocycles. The SMILES string of the molecule is O=C(CCc1c[nH]c2ccccc12)NCc1ccc(Cl)cc1Cl. The van der Waals surface area contributed by atoms with Crippen molar-refractivity contribution in [3.05, 3.63) is 69.8 Å². The van der Waals surface area contributed by atoms with Gasteiger partial charge in [0.05, 0.1) is 0 Å². The maximum atomic E-state index is 12.0. The highest BCUT2D eigenvalue weighted by atomic mass is 35.5. The van der Waals surface area contributed by atoms with Crippen molar-refractivity contribution in [1.82, 2.24) is 10.3 Å². The number of rotatable bonds is 5. The Morgan fingerprint density at radius 1 is 1.09 bits per heavy atom. The molecule has 0 unspecified atom stereocenters. The summed E-state index contributed by atoms with van der Waals surface area (Å²) in [6, 6.07) is 13.4. The molecule has 0 saturated carbocycles. The quantitative estimate of drug-likeness (QED) is 0.689. The van der Waals surface area contributed by atoms with Crippen LogP contribution in [0.2, 0.25) is 10.0 Å². The average Bonchev–Trinajstić information content (AvgIpc) is 2.95. The lowest BCUT2D eigenvalue weighted by molar-refractivity contribution is -0.121. The fraction of sp³-hybridized carbons (Fsp3) is 0.167. The summed E-state index contributed by atoms with van der Waals surface area (Å²) >= 11 is 12.0. The number of amides is 1. The molecule has 3 nitrogen and oxygen atoms in total. The first-order valence-corrected chi connectivity index (χ1v) is 8.14. The zero-order valence-corrected chi connectivity index (χ0v) is 13.9. The standard InChI is InChI=1S/C18H16Cl2N2O/c19-14-7-5-13(16(20)9-14)11-22-18(23)8-6-12-10-21-17-4-2-1-3-15(12)17/h1-5,7,9-10,21H,6,8,11H2,(H,22,23). The maximum absolute atomic E-state index is 12.0. The van der Waals surface area contributed by atoms with Gasteiger partial charge in [-0.2, -0.15) is 0 Å². The van der Waals surface area contributed by atoms with Crippen molar-refractivity contribution in [2.75, 3.05) is 0 Å². The first-order valence-electron chi connectivity index (χ1n) is 7.39. The molecule has 0 spiro atoms. The predicted octanol–water partition coefficient (Wildman–Crippen LogP) is 4.72. The number of hydrogen-bond acceptors (Lipinski definition) is 1. The van der Waals surface area contributed by atoms with Gasteiger partial charge in [0.2, 0.25) is 5.91 Å². The Morgan fingerprint density at radius 3 is 2.74 bits per heavy atom. The molecule has 2 aromatic carbocycles. The van der Waals surface area contributed by atoms with Crippen molar-refractivity contribution < 1.29 is 4.79 Å². The molecule has 1 amide bonds. The van der Waals surface area contributed by atoms with Crippen LogP contribution in [0.4, 0.5) is 0 Å². The largest absolute Gasteiger partial charge is 0.361 e. The minimum atomic E-state index is 0.00120. The van der Waals surface area contributed by atoms with E-state index in [1.807, 2.05) is 30.5 Å². The van der Waals surface area contributed by atoms with Crippen LogP contribution in [0.5, 0.6) is 0 Å². The lowest BCUT2D eigenvalue weighted by atomic mass is 10.1. The number of aryl methyl sites for hydroxylation is 1. The number of hydrogen-bond donors (Lipinski definition) is 2. The van der Waals surface area contributed by atoms with Crippen LogP contribution in [-0.2, 0) is 17.8 Å². The Kier molecular flexibility index (Phi) is 4.89. The summed E-state index contributed by atoms with van der Waals surface area (Å²) in [4.78, 5) is 15.3. The number of benzene rings is 2. The van der Waals surface area contributed by atoms with Crippen LogP contribution in [0.3, 0.4) is 0 Å². The molecule has 0 fully saturated rings. The summed E-state index contributed by atoms with van der Waals surface area (Å²) in [7, 11) is 0. The molecule has 5 heteroatoms. The van der Waals surface area contributed by atoms with Gasteiger partial charge in [-0.1, -0.05) is 47.5 Å². The minimum Gasteiger partial charge on any atom is -0.361 e. The fourth-order valence-electron chi connectivity index (χ4n) is 2.53. The Hall–Kier alpha value is -1.97. The number of H-pyrrole nitrogens is 1. The lowest BCUT2D eigenvalue weighted by Crippen LogP contribution is -2.23. The number of carbonyl (C=O) groups is 1. The van der Waals surface area contributed by atoms with Gasteiger partial charge in [0, 0.05) is 40.1 Å². The van der Waals surface area contributed by atoms with Crippen LogP contribution in [0.1, 0.15) is 17.5 Å². The van der Waals surface area contributed by atoms with E-state index in [1.54, 1.807) is 12.1 Å². The summed E-state index contributed by atoms with van der Waals surface area (Å²) in [6.07, 6.45) is 3.10. The molecule has 23 heavy (non-hydrogen) atoms. The second kappa shape index (κ2) is 7.07. The third-order valence-electron chi connectivity index (χ3n) is 3.79. The molecule has 1 heterocycles. The summed E-state index contributed by atoms with van der Waals surface area (Å²) in [5.41, 5.74) is 3.10. The molecule has 0 aliphatic rings. The van der Waals surface area contributed by atoms with Crippen LogP contribution in [0.25, 0.3) is 10.9 Å². The highest BCUT2D eigenvalue weighted by molar-refractivity contribution is 6.35. The topological polar surface area (TPSA) is 44.9 Å². The van der Waals surface area contributed by atoms with Crippen molar-refractivity contribution in [3.8, 4) is 0 Å². The monoisotopic (exact) mass is 346 g/mol. The average molecular weight is 347 g/mol. The predicted molar refractivity (Wildman–Crippen MR) is 94.9 cm³/mol. The lowest BCUT2D eigenvalue weighted by Gasteiger charge is -2.07. The number of aromatic amines is 1.